The number of nitrogens with one attached hydrogen (secondary N) is 2. The molecule has 0 radical (unpaired) electrons. The van der Waals surface area contributed by atoms with Crippen molar-refractivity contribution in [2.45, 2.75) is 19.6 Å². The molecular formula is C13H14ClFN4O3. The molecule has 1 unspecified atom stereocenters. The monoisotopic (exact) mass is 328 g/mol. The smallest absolute Gasteiger partial charge is 0.315 e. The Kier molecular flexibility index (Phi) is 5.29. The summed E-state index contributed by atoms with van der Waals surface area (Å²) >= 11 is 5.56. The average Bonchev–Trinajstić information content (AvgIpc) is 2.91. The summed E-state index contributed by atoms with van der Waals surface area (Å²) in [5.74, 6) is 0.112. The molecule has 118 valence electrons. The number of nitrogens with zero attached hydrogens (tertiary/aromatic N) is 2. The van der Waals surface area contributed by atoms with E-state index in [0.29, 0.717) is 17.3 Å². The minimum Gasteiger partial charge on any atom is -0.387 e. The summed E-state index contributed by atoms with van der Waals surface area (Å²) in [7, 11) is 0. The summed E-state index contributed by atoms with van der Waals surface area (Å²) in [6.07, 6.45) is -1.05. The quantitative estimate of drug-likeness (QED) is 0.775. The lowest BCUT2D eigenvalue weighted by atomic mass is 10.1. The number of aryl methyl sites for hydroxylation is 1. The van der Waals surface area contributed by atoms with Crippen LogP contribution in [0, 0.1) is 12.7 Å². The molecule has 0 saturated heterocycles. The lowest BCUT2D eigenvalue weighted by Gasteiger charge is -2.13. The fraction of sp³-hybridized carbons (Fsp3) is 0.308. The molecule has 0 aliphatic rings. The molecule has 1 aromatic heterocycles. The van der Waals surface area contributed by atoms with Crippen LogP contribution >= 0.6 is 11.6 Å². The third-order valence-corrected chi connectivity index (χ3v) is 3.07. The number of carbonyl (C=O) groups excluding carboxylic acids is 1. The Labute approximate surface area is 130 Å². The number of halogens is 2. The maximum atomic E-state index is 13.3. The highest BCUT2D eigenvalue weighted by atomic mass is 35.5. The van der Waals surface area contributed by atoms with Crippen LogP contribution in [0.3, 0.4) is 0 Å². The molecule has 9 heteroatoms. The van der Waals surface area contributed by atoms with Crippen LogP contribution in [0.2, 0.25) is 5.02 Å². The molecule has 1 atom stereocenters. The van der Waals surface area contributed by atoms with Gasteiger partial charge in [0.2, 0.25) is 5.89 Å². The molecule has 1 aromatic carbocycles. The first-order valence-corrected chi connectivity index (χ1v) is 6.77. The van der Waals surface area contributed by atoms with Crippen molar-refractivity contribution in [1.29, 1.82) is 0 Å². The van der Waals surface area contributed by atoms with E-state index in [1.54, 1.807) is 6.92 Å². The van der Waals surface area contributed by atoms with E-state index in [2.05, 4.69) is 20.8 Å². The summed E-state index contributed by atoms with van der Waals surface area (Å²) in [5.41, 5.74) is 0.316. The van der Waals surface area contributed by atoms with Crippen LogP contribution in [-0.2, 0) is 6.54 Å². The number of aliphatic hydroxyl groups is 1. The first-order valence-electron chi connectivity index (χ1n) is 6.39. The Bertz CT molecular complexity index is 664. The molecule has 2 rings (SSSR count). The predicted molar refractivity (Wildman–Crippen MR) is 75.6 cm³/mol. The molecule has 0 saturated carbocycles. The van der Waals surface area contributed by atoms with Crippen molar-refractivity contribution in [3.8, 4) is 0 Å². The fourth-order valence-electron chi connectivity index (χ4n) is 1.66. The van der Waals surface area contributed by atoms with Gasteiger partial charge in [0.05, 0.1) is 17.7 Å². The molecule has 0 aliphatic carbocycles. The predicted octanol–water partition coefficient (Wildman–Crippen LogP) is 1.70. The number of carbonyl (C=O) groups is 1. The van der Waals surface area contributed by atoms with Gasteiger partial charge in [-0.25, -0.2) is 9.18 Å². The Morgan fingerprint density at radius 1 is 1.50 bits per heavy atom. The van der Waals surface area contributed by atoms with E-state index in [1.165, 1.54) is 12.1 Å². The Morgan fingerprint density at radius 2 is 2.27 bits per heavy atom. The highest BCUT2D eigenvalue weighted by Crippen LogP contribution is 2.19. The van der Waals surface area contributed by atoms with Crippen LogP contribution < -0.4 is 10.6 Å². The van der Waals surface area contributed by atoms with E-state index in [9.17, 15) is 14.3 Å². The van der Waals surface area contributed by atoms with Crippen molar-refractivity contribution in [2.75, 3.05) is 6.54 Å². The molecule has 2 aromatic rings. The van der Waals surface area contributed by atoms with Crippen molar-refractivity contribution in [3.63, 3.8) is 0 Å². The van der Waals surface area contributed by atoms with Gasteiger partial charge >= 0.3 is 6.03 Å². The Morgan fingerprint density at radius 3 is 2.91 bits per heavy atom. The van der Waals surface area contributed by atoms with Crippen LogP contribution in [0.5, 0.6) is 0 Å². The highest BCUT2D eigenvalue weighted by Gasteiger charge is 2.12. The second-order valence-corrected chi connectivity index (χ2v) is 4.89. The normalized spacial score (nSPS) is 12.0. The maximum Gasteiger partial charge on any atom is 0.315 e. The third-order valence-electron chi connectivity index (χ3n) is 2.76. The Hall–Kier alpha value is -2.19. The van der Waals surface area contributed by atoms with Gasteiger partial charge in [0.25, 0.3) is 0 Å². The number of hydrogen-bond acceptors (Lipinski definition) is 5. The number of hydrogen-bond donors (Lipinski definition) is 3. The van der Waals surface area contributed by atoms with Gasteiger partial charge in [-0.1, -0.05) is 22.8 Å². The van der Waals surface area contributed by atoms with Crippen molar-refractivity contribution in [2.24, 2.45) is 0 Å². The molecule has 22 heavy (non-hydrogen) atoms. The van der Waals surface area contributed by atoms with E-state index in [4.69, 9.17) is 16.1 Å². The van der Waals surface area contributed by atoms with Crippen LogP contribution in [0.15, 0.2) is 22.7 Å². The van der Waals surface area contributed by atoms with E-state index < -0.39 is 18.0 Å². The van der Waals surface area contributed by atoms with E-state index >= 15 is 0 Å². The molecule has 2 amide bonds. The molecule has 3 N–H and O–H groups in total. The van der Waals surface area contributed by atoms with E-state index in [1.807, 2.05) is 0 Å². The van der Waals surface area contributed by atoms with Crippen LogP contribution in [-0.4, -0.2) is 27.8 Å². The molecule has 0 fully saturated rings. The number of aromatic nitrogens is 2. The lowest BCUT2D eigenvalue weighted by molar-refractivity contribution is 0.172. The van der Waals surface area contributed by atoms with Crippen molar-refractivity contribution < 1.29 is 18.8 Å². The highest BCUT2D eigenvalue weighted by molar-refractivity contribution is 6.30. The van der Waals surface area contributed by atoms with Gasteiger partial charge in [0.15, 0.2) is 5.82 Å². The average molecular weight is 329 g/mol. The zero-order chi connectivity index (χ0) is 16.1. The molecule has 0 bridgehead atoms. The third kappa shape index (κ3) is 4.40. The zero-order valence-electron chi connectivity index (χ0n) is 11.6. The van der Waals surface area contributed by atoms with Gasteiger partial charge in [-0.15, -0.1) is 0 Å². The van der Waals surface area contributed by atoms with Crippen molar-refractivity contribution >= 4 is 17.6 Å². The van der Waals surface area contributed by atoms with Crippen LogP contribution in [0.25, 0.3) is 0 Å². The first-order chi connectivity index (χ1) is 10.5. The second kappa shape index (κ2) is 7.19. The number of aliphatic hydroxyl groups excluding tert-OH is 1. The van der Waals surface area contributed by atoms with E-state index in [-0.39, 0.29) is 18.1 Å². The summed E-state index contributed by atoms with van der Waals surface area (Å²) in [5, 5.41) is 18.4. The molecule has 7 nitrogen and oxygen atoms in total. The molecule has 0 aliphatic heterocycles. The topological polar surface area (TPSA) is 100 Å². The standard InChI is InChI=1S/C13H14ClFN4O3/c1-7-18-12(19-22-7)6-17-13(21)16-5-11(20)8-2-3-9(14)10(15)4-8/h2-4,11,20H,5-6H2,1H3,(H2,16,17,21). The first kappa shape index (κ1) is 16.2. The van der Waals surface area contributed by atoms with Crippen LogP contribution in [0.4, 0.5) is 9.18 Å². The van der Waals surface area contributed by atoms with Crippen molar-refractivity contribution in [3.05, 3.63) is 46.3 Å². The fourth-order valence-corrected chi connectivity index (χ4v) is 1.78. The van der Waals surface area contributed by atoms with Gasteiger partial charge in [-0.05, 0) is 17.7 Å². The molecular weight excluding hydrogens is 315 g/mol. The summed E-state index contributed by atoms with van der Waals surface area (Å²) < 4.78 is 18.0. The number of urea groups is 1. The lowest BCUT2D eigenvalue weighted by Crippen LogP contribution is -2.37. The number of rotatable bonds is 5. The summed E-state index contributed by atoms with van der Waals surface area (Å²) in [4.78, 5) is 15.5. The maximum absolute atomic E-state index is 13.3. The summed E-state index contributed by atoms with van der Waals surface area (Å²) in [6, 6.07) is 3.43. The zero-order valence-corrected chi connectivity index (χ0v) is 12.4. The second-order valence-electron chi connectivity index (χ2n) is 4.48. The van der Waals surface area contributed by atoms with E-state index in [0.717, 1.165) is 6.07 Å². The molecule has 1 heterocycles. The minimum atomic E-state index is -1.05. The van der Waals surface area contributed by atoms with Gasteiger partial charge in [0, 0.05) is 13.5 Å². The van der Waals surface area contributed by atoms with Crippen molar-refractivity contribution in [1.82, 2.24) is 20.8 Å². The molecule has 0 spiro atoms. The van der Waals surface area contributed by atoms with Gasteiger partial charge < -0.3 is 20.3 Å². The van der Waals surface area contributed by atoms with Crippen LogP contribution in [0.1, 0.15) is 23.4 Å². The SMILES string of the molecule is Cc1nc(CNC(=O)NCC(O)c2ccc(Cl)c(F)c2)no1. The van der Waals surface area contributed by atoms with Gasteiger partial charge in [0.1, 0.15) is 5.82 Å². The number of amides is 2. The minimum absolute atomic E-state index is 0.0305. The Balaban J connectivity index is 1.78. The van der Waals surface area contributed by atoms with Gasteiger partial charge in [-0.2, -0.15) is 4.98 Å². The summed E-state index contributed by atoms with van der Waals surface area (Å²) in [6.45, 7) is 1.64. The van der Waals surface area contributed by atoms with Gasteiger partial charge in [-0.3, -0.25) is 0 Å². The number of benzene rings is 1. The largest absolute Gasteiger partial charge is 0.387 e.